The number of rotatable bonds is 4. The third-order valence-corrected chi connectivity index (χ3v) is 3.14. The Bertz CT molecular complexity index is 426. The number of hydrogen-bond acceptors (Lipinski definition) is 5. The number of hydrogen-bond donors (Lipinski definition) is 1. The summed E-state index contributed by atoms with van der Waals surface area (Å²) in [5, 5.41) is 12.3. The Kier molecular flexibility index (Phi) is 4.35. The second-order valence-electron chi connectivity index (χ2n) is 4.60. The molecule has 0 spiro atoms. The van der Waals surface area contributed by atoms with Crippen molar-refractivity contribution in [2.45, 2.75) is 26.2 Å². The zero-order valence-corrected chi connectivity index (χ0v) is 10.8. The number of nitriles is 1. The molecule has 0 amide bonds. The van der Waals surface area contributed by atoms with Gasteiger partial charge in [0.2, 0.25) is 0 Å². The molecule has 1 aliphatic heterocycles. The molecule has 2 rings (SSSR count). The molecule has 0 aliphatic carbocycles. The van der Waals surface area contributed by atoms with Crippen LogP contribution in [0.15, 0.2) is 12.4 Å². The Labute approximate surface area is 108 Å². The molecule has 1 atom stereocenters. The van der Waals surface area contributed by atoms with Crippen molar-refractivity contribution in [3.05, 3.63) is 12.4 Å². The quantitative estimate of drug-likeness (QED) is 0.879. The molecular weight excluding hydrogens is 226 g/mol. The lowest BCUT2D eigenvalue weighted by atomic mass is 10.00. The molecule has 2 heterocycles. The van der Waals surface area contributed by atoms with Gasteiger partial charge in [0.25, 0.3) is 0 Å². The van der Waals surface area contributed by atoms with Gasteiger partial charge in [0, 0.05) is 25.7 Å². The molecule has 1 fully saturated rings. The first kappa shape index (κ1) is 12.6. The molecule has 1 aliphatic rings. The van der Waals surface area contributed by atoms with Gasteiger partial charge in [0.15, 0.2) is 0 Å². The fourth-order valence-corrected chi connectivity index (χ4v) is 2.16. The SMILES string of the molecule is CCCNc1cc(N2CCCC(C#N)C2)ncn1. The van der Waals surface area contributed by atoms with Crippen LogP contribution in [0, 0.1) is 17.2 Å². The molecule has 1 saturated heterocycles. The smallest absolute Gasteiger partial charge is 0.134 e. The van der Waals surface area contributed by atoms with Crippen LogP contribution in [0.3, 0.4) is 0 Å². The molecule has 18 heavy (non-hydrogen) atoms. The summed E-state index contributed by atoms with van der Waals surface area (Å²) in [5.41, 5.74) is 0. The van der Waals surface area contributed by atoms with Gasteiger partial charge in [0.1, 0.15) is 18.0 Å². The van der Waals surface area contributed by atoms with Crippen LogP contribution in [0.25, 0.3) is 0 Å². The Morgan fingerprint density at radius 1 is 1.56 bits per heavy atom. The zero-order valence-electron chi connectivity index (χ0n) is 10.8. The molecule has 1 unspecified atom stereocenters. The van der Waals surface area contributed by atoms with Crippen LogP contribution in [0.5, 0.6) is 0 Å². The monoisotopic (exact) mass is 245 g/mol. The number of nitrogens with zero attached hydrogens (tertiary/aromatic N) is 4. The van der Waals surface area contributed by atoms with Gasteiger partial charge in [-0.2, -0.15) is 5.26 Å². The van der Waals surface area contributed by atoms with E-state index in [0.717, 1.165) is 50.5 Å². The minimum atomic E-state index is 0.126. The highest BCUT2D eigenvalue weighted by atomic mass is 15.2. The van der Waals surface area contributed by atoms with Crippen LogP contribution >= 0.6 is 0 Å². The summed E-state index contributed by atoms with van der Waals surface area (Å²) >= 11 is 0. The summed E-state index contributed by atoms with van der Waals surface area (Å²) in [6.07, 6.45) is 4.71. The fraction of sp³-hybridized carbons (Fsp3) is 0.615. The average molecular weight is 245 g/mol. The minimum Gasteiger partial charge on any atom is -0.370 e. The lowest BCUT2D eigenvalue weighted by Crippen LogP contribution is -2.35. The Hall–Kier alpha value is -1.83. The zero-order chi connectivity index (χ0) is 12.8. The summed E-state index contributed by atoms with van der Waals surface area (Å²) < 4.78 is 0. The fourth-order valence-electron chi connectivity index (χ4n) is 2.16. The van der Waals surface area contributed by atoms with Gasteiger partial charge in [-0.3, -0.25) is 0 Å². The number of aromatic nitrogens is 2. The summed E-state index contributed by atoms with van der Waals surface area (Å²) in [5.74, 6) is 1.91. The van der Waals surface area contributed by atoms with E-state index in [1.54, 1.807) is 6.33 Å². The van der Waals surface area contributed by atoms with E-state index in [1.807, 2.05) is 6.07 Å². The van der Waals surface area contributed by atoms with E-state index in [-0.39, 0.29) is 5.92 Å². The van der Waals surface area contributed by atoms with Crippen molar-refractivity contribution in [1.29, 1.82) is 5.26 Å². The molecule has 0 bridgehead atoms. The van der Waals surface area contributed by atoms with Gasteiger partial charge >= 0.3 is 0 Å². The van der Waals surface area contributed by atoms with Crippen molar-refractivity contribution < 1.29 is 0 Å². The van der Waals surface area contributed by atoms with Crippen LogP contribution in [0.4, 0.5) is 11.6 Å². The first-order chi connectivity index (χ1) is 8.83. The van der Waals surface area contributed by atoms with Crippen molar-refractivity contribution in [2.75, 3.05) is 29.9 Å². The Morgan fingerprint density at radius 3 is 3.22 bits per heavy atom. The second-order valence-corrected chi connectivity index (χ2v) is 4.60. The molecular formula is C13H19N5. The summed E-state index contributed by atoms with van der Waals surface area (Å²) in [6.45, 7) is 4.79. The first-order valence-corrected chi connectivity index (χ1v) is 6.54. The maximum Gasteiger partial charge on any atom is 0.134 e. The van der Waals surface area contributed by atoms with Gasteiger partial charge in [-0.15, -0.1) is 0 Å². The van der Waals surface area contributed by atoms with Crippen molar-refractivity contribution in [3.63, 3.8) is 0 Å². The van der Waals surface area contributed by atoms with Crippen molar-refractivity contribution in [1.82, 2.24) is 9.97 Å². The molecule has 0 aromatic carbocycles. The molecule has 5 nitrogen and oxygen atoms in total. The van der Waals surface area contributed by atoms with E-state index in [1.165, 1.54) is 0 Å². The van der Waals surface area contributed by atoms with Gasteiger partial charge in [-0.25, -0.2) is 9.97 Å². The molecule has 0 saturated carbocycles. The van der Waals surface area contributed by atoms with Crippen LogP contribution in [0.1, 0.15) is 26.2 Å². The third-order valence-electron chi connectivity index (χ3n) is 3.14. The number of piperidine rings is 1. The van der Waals surface area contributed by atoms with E-state index in [9.17, 15) is 0 Å². The third kappa shape index (κ3) is 3.10. The number of nitrogens with one attached hydrogen (secondary N) is 1. The predicted octanol–water partition coefficient (Wildman–Crippen LogP) is 2.04. The number of anilines is 2. The van der Waals surface area contributed by atoms with Gasteiger partial charge in [-0.05, 0) is 19.3 Å². The molecule has 96 valence electrons. The maximum atomic E-state index is 9.00. The standard InChI is InChI=1S/C13H19N5/c1-2-5-15-12-7-13(17-10-16-12)18-6-3-4-11(8-14)9-18/h7,10-11H,2-6,9H2,1H3,(H,15,16,17). The highest BCUT2D eigenvalue weighted by Gasteiger charge is 2.20. The molecule has 5 heteroatoms. The van der Waals surface area contributed by atoms with E-state index < -0.39 is 0 Å². The highest BCUT2D eigenvalue weighted by molar-refractivity contribution is 5.48. The van der Waals surface area contributed by atoms with Gasteiger partial charge in [-0.1, -0.05) is 6.92 Å². The van der Waals surface area contributed by atoms with Crippen molar-refractivity contribution in [3.8, 4) is 6.07 Å². The van der Waals surface area contributed by atoms with E-state index >= 15 is 0 Å². The van der Waals surface area contributed by atoms with Crippen LogP contribution in [-0.2, 0) is 0 Å². The van der Waals surface area contributed by atoms with E-state index in [4.69, 9.17) is 5.26 Å². The van der Waals surface area contributed by atoms with E-state index in [2.05, 4.69) is 33.2 Å². The lowest BCUT2D eigenvalue weighted by Gasteiger charge is -2.30. The van der Waals surface area contributed by atoms with Crippen molar-refractivity contribution in [2.24, 2.45) is 5.92 Å². The summed E-state index contributed by atoms with van der Waals surface area (Å²) in [7, 11) is 0. The summed E-state index contributed by atoms with van der Waals surface area (Å²) in [6, 6.07) is 4.32. The Balaban J connectivity index is 2.05. The first-order valence-electron chi connectivity index (χ1n) is 6.54. The van der Waals surface area contributed by atoms with Gasteiger partial charge in [0.05, 0.1) is 12.0 Å². The molecule has 1 aromatic rings. The van der Waals surface area contributed by atoms with E-state index in [0.29, 0.717) is 0 Å². The van der Waals surface area contributed by atoms with Crippen LogP contribution in [0.2, 0.25) is 0 Å². The molecule has 0 radical (unpaired) electrons. The Morgan fingerprint density at radius 2 is 2.44 bits per heavy atom. The summed E-state index contributed by atoms with van der Waals surface area (Å²) in [4.78, 5) is 10.7. The minimum absolute atomic E-state index is 0.126. The average Bonchev–Trinajstić information content (AvgIpc) is 2.45. The topological polar surface area (TPSA) is 64.8 Å². The van der Waals surface area contributed by atoms with Gasteiger partial charge < -0.3 is 10.2 Å². The maximum absolute atomic E-state index is 9.00. The molecule has 1 N–H and O–H groups in total. The largest absolute Gasteiger partial charge is 0.370 e. The second kappa shape index (κ2) is 6.20. The highest BCUT2D eigenvalue weighted by Crippen LogP contribution is 2.22. The van der Waals surface area contributed by atoms with Crippen LogP contribution < -0.4 is 10.2 Å². The van der Waals surface area contributed by atoms with Crippen molar-refractivity contribution >= 4 is 11.6 Å². The predicted molar refractivity (Wildman–Crippen MR) is 71.4 cm³/mol. The molecule has 1 aromatic heterocycles. The lowest BCUT2D eigenvalue weighted by molar-refractivity contribution is 0.490. The normalized spacial score (nSPS) is 19.3. The van der Waals surface area contributed by atoms with Crippen LogP contribution in [-0.4, -0.2) is 29.6 Å².